The lowest BCUT2D eigenvalue weighted by Crippen LogP contribution is -2.49. The SMILES string of the molecule is COC1(CNC(=O)Cc2c(C)nn(C)c2C)CCC1. The minimum atomic E-state index is -0.116. The number of aryl methyl sites for hydroxylation is 2. The van der Waals surface area contributed by atoms with Crippen LogP contribution >= 0.6 is 0 Å². The van der Waals surface area contributed by atoms with E-state index in [9.17, 15) is 4.79 Å². The minimum Gasteiger partial charge on any atom is -0.376 e. The summed E-state index contributed by atoms with van der Waals surface area (Å²) in [5.41, 5.74) is 2.90. The summed E-state index contributed by atoms with van der Waals surface area (Å²) in [5, 5.41) is 7.32. The molecule has 1 saturated carbocycles. The predicted octanol–water partition coefficient (Wildman–Crippen LogP) is 1.26. The Kier molecular flexibility index (Phi) is 3.94. The zero-order valence-corrected chi connectivity index (χ0v) is 12.2. The van der Waals surface area contributed by atoms with Crippen molar-refractivity contribution in [3.63, 3.8) is 0 Å². The zero-order chi connectivity index (χ0) is 14.0. The Labute approximate surface area is 114 Å². The second-order valence-corrected chi connectivity index (χ2v) is 5.47. The van der Waals surface area contributed by atoms with Crippen LogP contribution in [0, 0.1) is 13.8 Å². The summed E-state index contributed by atoms with van der Waals surface area (Å²) < 4.78 is 7.31. The van der Waals surface area contributed by atoms with E-state index in [-0.39, 0.29) is 11.5 Å². The highest BCUT2D eigenvalue weighted by atomic mass is 16.5. The lowest BCUT2D eigenvalue weighted by Gasteiger charge is -2.40. The van der Waals surface area contributed by atoms with Crippen molar-refractivity contribution in [3.8, 4) is 0 Å². The number of methoxy groups -OCH3 is 1. The van der Waals surface area contributed by atoms with Crippen molar-refractivity contribution in [1.29, 1.82) is 0 Å². The molecule has 0 radical (unpaired) electrons. The molecule has 5 nitrogen and oxygen atoms in total. The average Bonchev–Trinajstić information content (AvgIpc) is 2.55. The van der Waals surface area contributed by atoms with Gasteiger partial charge in [0.05, 0.1) is 17.7 Å². The van der Waals surface area contributed by atoms with Crippen molar-refractivity contribution >= 4 is 5.91 Å². The molecule has 0 spiro atoms. The van der Waals surface area contributed by atoms with Crippen LogP contribution in [0.5, 0.6) is 0 Å². The molecule has 1 aromatic heterocycles. The molecule has 0 aromatic carbocycles. The fourth-order valence-corrected chi connectivity index (χ4v) is 2.58. The maximum absolute atomic E-state index is 12.0. The van der Waals surface area contributed by atoms with E-state index in [2.05, 4.69) is 10.4 Å². The molecule has 1 amide bonds. The Hall–Kier alpha value is -1.36. The van der Waals surface area contributed by atoms with Crippen LogP contribution in [0.25, 0.3) is 0 Å². The van der Waals surface area contributed by atoms with Crippen LogP contribution in [-0.4, -0.2) is 34.9 Å². The summed E-state index contributed by atoms with van der Waals surface area (Å²) >= 11 is 0. The monoisotopic (exact) mass is 265 g/mol. The molecule has 1 heterocycles. The van der Waals surface area contributed by atoms with Gasteiger partial charge in [0.1, 0.15) is 0 Å². The summed E-state index contributed by atoms with van der Waals surface area (Å²) in [4.78, 5) is 12.0. The Bertz CT molecular complexity index is 470. The second kappa shape index (κ2) is 5.33. The number of nitrogens with zero attached hydrogens (tertiary/aromatic N) is 2. The summed E-state index contributed by atoms with van der Waals surface area (Å²) in [5.74, 6) is 0.0440. The van der Waals surface area contributed by atoms with E-state index in [1.54, 1.807) is 7.11 Å². The third kappa shape index (κ3) is 2.81. The summed E-state index contributed by atoms with van der Waals surface area (Å²) in [7, 11) is 3.62. The number of aromatic nitrogens is 2. The third-order valence-electron chi connectivity index (χ3n) is 4.30. The fraction of sp³-hybridized carbons (Fsp3) is 0.714. The first kappa shape index (κ1) is 14.1. The zero-order valence-electron chi connectivity index (χ0n) is 12.2. The molecular weight excluding hydrogens is 242 g/mol. The molecular formula is C14H23N3O2. The molecule has 1 aliphatic carbocycles. The van der Waals surface area contributed by atoms with Gasteiger partial charge in [0.25, 0.3) is 0 Å². The maximum atomic E-state index is 12.0. The van der Waals surface area contributed by atoms with Gasteiger partial charge in [-0.05, 0) is 33.1 Å². The number of ether oxygens (including phenoxy) is 1. The van der Waals surface area contributed by atoms with Crippen LogP contribution in [0.15, 0.2) is 0 Å². The van der Waals surface area contributed by atoms with Gasteiger partial charge in [-0.1, -0.05) is 0 Å². The summed E-state index contributed by atoms with van der Waals surface area (Å²) in [6.07, 6.45) is 3.65. The lowest BCUT2D eigenvalue weighted by molar-refractivity contribution is -0.124. The second-order valence-electron chi connectivity index (χ2n) is 5.47. The first-order valence-electron chi connectivity index (χ1n) is 6.78. The van der Waals surface area contributed by atoms with Gasteiger partial charge in [-0.3, -0.25) is 9.48 Å². The molecule has 1 aromatic rings. The van der Waals surface area contributed by atoms with Gasteiger partial charge in [0.2, 0.25) is 5.91 Å². The highest BCUT2D eigenvalue weighted by molar-refractivity contribution is 5.79. The van der Waals surface area contributed by atoms with E-state index in [1.807, 2.05) is 25.6 Å². The van der Waals surface area contributed by atoms with Gasteiger partial charge >= 0.3 is 0 Å². The smallest absolute Gasteiger partial charge is 0.224 e. The minimum absolute atomic E-state index is 0.0440. The number of hydrogen-bond donors (Lipinski definition) is 1. The topological polar surface area (TPSA) is 56.1 Å². The molecule has 1 fully saturated rings. The predicted molar refractivity (Wildman–Crippen MR) is 73.0 cm³/mol. The fourth-order valence-electron chi connectivity index (χ4n) is 2.58. The number of hydrogen-bond acceptors (Lipinski definition) is 3. The van der Waals surface area contributed by atoms with Crippen molar-refractivity contribution in [3.05, 3.63) is 17.0 Å². The quantitative estimate of drug-likeness (QED) is 0.872. The van der Waals surface area contributed by atoms with E-state index in [4.69, 9.17) is 4.74 Å². The van der Waals surface area contributed by atoms with E-state index >= 15 is 0 Å². The Morgan fingerprint density at radius 1 is 1.47 bits per heavy atom. The van der Waals surface area contributed by atoms with E-state index in [0.717, 1.165) is 29.8 Å². The van der Waals surface area contributed by atoms with E-state index < -0.39 is 0 Å². The third-order valence-corrected chi connectivity index (χ3v) is 4.30. The van der Waals surface area contributed by atoms with Gasteiger partial charge in [-0.25, -0.2) is 0 Å². The van der Waals surface area contributed by atoms with Crippen molar-refractivity contribution in [2.24, 2.45) is 7.05 Å². The van der Waals surface area contributed by atoms with Crippen molar-refractivity contribution in [2.75, 3.05) is 13.7 Å². The van der Waals surface area contributed by atoms with Crippen LogP contribution in [0.2, 0.25) is 0 Å². The molecule has 1 aliphatic rings. The number of carbonyl (C=O) groups excluding carboxylic acids is 1. The lowest BCUT2D eigenvalue weighted by atomic mass is 9.80. The highest BCUT2D eigenvalue weighted by Crippen LogP contribution is 2.34. The van der Waals surface area contributed by atoms with Gasteiger partial charge in [-0.15, -0.1) is 0 Å². The number of rotatable bonds is 5. The van der Waals surface area contributed by atoms with Crippen LogP contribution in [-0.2, 0) is 23.0 Å². The largest absolute Gasteiger partial charge is 0.376 e. The van der Waals surface area contributed by atoms with Crippen LogP contribution in [0.4, 0.5) is 0 Å². The van der Waals surface area contributed by atoms with Crippen LogP contribution < -0.4 is 5.32 Å². The molecule has 0 saturated heterocycles. The summed E-state index contributed by atoms with van der Waals surface area (Å²) in [6.45, 7) is 4.55. The number of nitrogens with one attached hydrogen (secondary N) is 1. The molecule has 0 unspecified atom stereocenters. The molecule has 0 aliphatic heterocycles. The van der Waals surface area contributed by atoms with Gasteiger partial charge in [0.15, 0.2) is 0 Å². The Balaban J connectivity index is 1.91. The molecule has 106 valence electrons. The van der Waals surface area contributed by atoms with Crippen molar-refractivity contribution in [1.82, 2.24) is 15.1 Å². The van der Waals surface area contributed by atoms with E-state index in [1.165, 1.54) is 6.42 Å². The van der Waals surface area contributed by atoms with Gasteiger partial charge < -0.3 is 10.1 Å². The van der Waals surface area contributed by atoms with Crippen LogP contribution in [0.3, 0.4) is 0 Å². The van der Waals surface area contributed by atoms with Gasteiger partial charge in [-0.2, -0.15) is 5.10 Å². The summed E-state index contributed by atoms with van der Waals surface area (Å²) in [6, 6.07) is 0. The molecule has 5 heteroatoms. The standard InChI is InChI=1S/C14H23N3O2/c1-10-12(11(2)17(3)16-10)8-13(18)15-9-14(19-4)6-5-7-14/h5-9H2,1-4H3,(H,15,18). The van der Waals surface area contributed by atoms with Gasteiger partial charge in [0, 0.05) is 32.0 Å². The number of carbonyl (C=O) groups is 1. The van der Waals surface area contributed by atoms with E-state index in [0.29, 0.717) is 13.0 Å². The molecule has 1 N–H and O–H groups in total. The van der Waals surface area contributed by atoms with Crippen molar-refractivity contribution < 1.29 is 9.53 Å². The Morgan fingerprint density at radius 3 is 2.58 bits per heavy atom. The Morgan fingerprint density at radius 2 is 2.16 bits per heavy atom. The highest BCUT2D eigenvalue weighted by Gasteiger charge is 2.37. The molecule has 19 heavy (non-hydrogen) atoms. The van der Waals surface area contributed by atoms with Crippen molar-refractivity contribution in [2.45, 2.75) is 45.1 Å². The molecule has 0 bridgehead atoms. The molecule has 2 rings (SSSR count). The first-order valence-corrected chi connectivity index (χ1v) is 6.78. The maximum Gasteiger partial charge on any atom is 0.224 e. The first-order chi connectivity index (χ1) is 8.97. The normalized spacial score (nSPS) is 17.1. The molecule has 0 atom stereocenters. The average molecular weight is 265 g/mol. The van der Waals surface area contributed by atoms with Crippen LogP contribution in [0.1, 0.15) is 36.2 Å². The number of amides is 1.